The molecule has 37 heavy (non-hydrogen) atoms. The first-order valence-corrected chi connectivity index (χ1v) is 12.6. The zero-order valence-corrected chi connectivity index (χ0v) is 22.1. The number of ether oxygens (including phenoxy) is 1. The van der Waals surface area contributed by atoms with E-state index >= 15 is 0 Å². The van der Waals surface area contributed by atoms with Crippen LogP contribution >= 0.6 is 12.4 Å². The first kappa shape index (κ1) is 26.9. The molecule has 1 N–H and O–H groups in total. The third-order valence-electron chi connectivity index (χ3n) is 7.20. The van der Waals surface area contributed by atoms with Crippen molar-refractivity contribution < 1.29 is 9.84 Å². The molecule has 0 radical (unpaired) electrons. The van der Waals surface area contributed by atoms with Gasteiger partial charge in [0, 0.05) is 26.2 Å². The van der Waals surface area contributed by atoms with E-state index in [0.29, 0.717) is 13.2 Å². The molecule has 0 aromatic heterocycles. The fourth-order valence-electron chi connectivity index (χ4n) is 5.28. The summed E-state index contributed by atoms with van der Waals surface area (Å²) in [5, 5.41) is 11.4. The number of likely N-dealkylation sites (N-methyl/N-ethyl adjacent to an activating group) is 1. The van der Waals surface area contributed by atoms with Crippen molar-refractivity contribution in [2.45, 2.75) is 18.2 Å². The highest BCUT2D eigenvalue weighted by atomic mass is 35.5. The van der Waals surface area contributed by atoms with E-state index in [2.05, 4.69) is 89.6 Å². The van der Waals surface area contributed by atoms with Crippen molar-refractivity contribution >= 4 is 12.4 Å². The van der Waals surface area contributed by atoms with Gasteiger partial charge in [-0.05, 0) is 41.4 Å². The maximum atomic E-state index is 11.4. The van der Waals surface area contributed by atoms with Crippen LogP contribution in [0.25, 0.3) is 0 Å². The van der Waals surface area contributed by atoms with Crippen molar-refractivity contribution in [1.82, 2.24) is 9.80 Å². The number of piperazine rings is 1. The number of β-amino-alcohol motifs (C(OH)–C–C–N with tert-alkyl or cyclic N) is 1. The molecule has 5 heteroatoms. The number of aliphatic hydroxyl groups is 1. The van der Waals surface area contributed by atoms with Gasteiger partial charge in [0.2, 0.25) is 0 Å². The number of hydrogen-bond donors (Lipinski definition) is 1. The lowest BCUT2D eigenvalue weighted by molar-refractivity contribution is -0.00340. The summed E-state index contributed by atoms with van der Waals surface area (Å²) in [6.45, 7) is 3.76. The van der Waals surface area contributed by atoms with E-state index in [1.165, 1.54) is 11.1 Å². The van der Waals surface area contributed by atoms with Crippen LogP contribution in [0.2, 0.25) is 0 Å². The predicted octanol–water partition coefficient (Wildman–Crippen LogP) is 5.91. The average molecular weight is 515 g/mol. The first-order chi connectivity index (χ1) is 17.6. The molecule has 1 saturated heterocycles. The molecule has 1 aliphatic rings. The van der Waals surface area contributed by atoms with E-state index in [1.807, 2.05) is 42.5 Å². The highest BCUT2D eigenvalue weighted by Crippen LogP contribution is 2.40. The molecule has 0 spiro atoms. The van der Waals surface area contributed by atoms with Gasteiger partial charge in [0.1, 0.15) is 12.4 Å². The van der Waals surface area contributed by atoms with Crippen molar-refractivity contribution in [1.29, 1.82) is 0 Å². The molecule has 4 nitrogen and oxygen atoms in total. The van der Waals surface area contributed by atoms with E-state index in [0.717, 1.165) is 36.5 Å². The molecular formula is C32H35ClN2O2. The fourth-order valence-corrected chi connectivity index (χ4v) is 5.28. The van der Waals surface area contributed by atoms with Crippen LogP contribution in [0.4, 0.5) is 0 Å². The van der Waals surface area contributed by atoms with Crippen LogP contribution in [0.1, 0.15) is 28.4 Å². The maximum absolute atomic E-state index is 11.4. The van der Waals surface area contributed by atoms with E-state index < -0.39 is 6.10 Å². The second-order valence-electron chi connectivity index (χ2n) is 9.64. The summed E-state index contributed by atoms with van der Waals surface area (Å²) in [6.07, 6.45) is -0.608. The standard InChI is InChI=1S/C32H34N2O2.ClH/c1-33-21-22-34(32(25-33,28-13-7-3-8-14-28)29-15-9-4-10-16-29)23-31(35)27-17-19-30(20-18-27)36-24-26-11-5-2-6-12-26;/h2-20,31,35H,21-25H2,1H3;1H. The molecule has 1 atom stereocenters. The van der Waals surface area contributed by atoms with Crippen LogP contribution in [-0.4, -0.2) is 48.1 Å². The van der Waals surface area contributed by atoms with Crippen LogP contribution in [0.3, 0.4) is 0 Å². The van der Waals surface area contributed by atoms with Gasteiger partial charge in [-0.3, -0.25) is 4.90 Å². The van der Waals surface area contributed by atoms with Gasteiger partial charge in [-0.25, -0.2) is 0 Å². The third kappa shape index (κ3) is 6.06. The number of hydrogen-bond acceptors (Lipinski definition) is 4. The van der Waals surface area contributed by atoms with Crippen LogP contribution in [0.15, 0.2) is 115 Å². The lowest BCUT2D eigenvalue weighted by atomic mass is 9.79. The highest BCUT2D eigenvalue weighted by molar-refractivity contribution is 5.85. The van der Waals surface area contributed by atoms with Crippen molar-refractivity contribution in [2.24, 2.45) is 0 Å². The number of rotatable bonds is 8. The number of benzene rings is 4. The van der Waals surface area contributed by atoms with E-state index in [9.17, 15) is 5.11 Å². The minimum absolute atomic E-state index is 0. The van der Waals surface area contributed by atoms with Crippen molar-refractivity contribution in [3.8, 4) is 5.75 Å². The Morgan fingerprint density at radius 3 is 1.86 bits per heavy atom. The normalized spacial score (nSPS) is 16.5. The molecule has 4 aromatic carbocycles. The van der Waals surface area contributed by atoms with E-state index in [-0.39, 0.29) is 17.9 Å². The summed E-state index contributed by atoms with van der Waals surface area (Å²) < 4.78 is 5.94. The Balaban J connectivity index is 0.00000320. The smallest absolute Gasteiger partial charge is 0.119 e. The van der Waals surface area contributed by atoms with Gasteiger partial charge in [0.25, 0.3) is 0 Å². The largest absolute Gasteiger partial charge is 0.489 e. The molecule has 1 unspecified atom stereocenters. The second-order valence-corrected chi connectivity index (χ2v) is 9.64. The Hall–Kier alpha value is -3.15. The Morgan fingerprint density at radius 2 is 1.30 bits per heavy atom. The first-order valence-electron chi connectivity index (χ1n) is 12.6. The third-order valence-corrected chi connectivity index (χ3v) is 7.20. The lowest BCUT2D eigenvalue weighted by Gasteiger charge is -2.51. The van der Waals surface area contributed by atoms with Crippen LogP contribution in [0.5, 0.6) is 5.75 Å². The topological polar surface area (TPSA) is 35.9 Å². The monoisotopic (exact) mass is 514 g/mol. The quantitative estimate of drug-likeness (QED) is 0.317. The summed E-state index contributed by atoms with van der Waals surface area (Å²) in [5.74, 6) is 0.803. The van der Waals surface area contributed by atoms with Crippen LogP contribution in [-0.2, 0) is 12.1 Å². The minimum Gasteiger partial charge on any atom is -0.489 e. The molecule has 0 aliphatic carbocycles. The molecule has 192 valence electrons. The maximum Gasteiger partial charge on any atom is 0.119 e. The molecule has 0 amide bonds. The number of nitrogens with zero attached hydrogens (tertiary/aromatic N) is 2. The number of halogens is 1. The molecule has 0 saturated carbocycles. The molecule has 1 heterocycles. The Morgan fingerprint density at radius 1 is 0.757 bits per heavy atom. The van der Waals surface area contributed by atoms with Crippen molar-refractivity contribution in [3.05, 3.63) is 138 Å². The fraction of sp³-hybridized carbons (Fsp3) is 0.250. The summed E-state index contributed by atoms with van der Waals surface area (Å²) in [7, 11) is 2.18. The summed E-state index contributed by atoms with van der Waals surface area (Å²) >= 11 is 0. The summed E-state index contributed by atoms with van der Waals surface area (Å²) in [6, 6.07) is 39.4. The average Bonchev–Trinajstić information content (AvgIpc) is 2.94. The molecule has 0 bridgehead atoms. The van der Waals surface area contributed by atoms with Crippen LogP contribution < -0.4 is 4.74 Å². The molecule has 1 fully saturated rings. The molecule has 4 aromatic rings. The zero-order valence-electron chi connectivity index (χ0n) is 21.2. The SMILES string of the molecule is CN1CCN(CC(O)c2ccc(OCc3ccccc3)cc2)C(c2ccccc2)(c2ccccc2)C1.Cl. The van der Waals surface area contributed by atoms with Gasteiger partial charge in [-0.1, -0.05) is 103 Å². The van der Waals surface area contributed by atoms with Crippen molar-refractivity contribution in [3.63, 3.8) is 0 Å². The van der Waals surface area contributed by atoms with Crippen LogP contribution in [0, 0.1) is 0 Å². The summed E-state index contributed by atoms with van der Waals surface area (Å²) in [5.41, 5.74) is 4.19. The van der Waals surface area contributed by atoms with Gasteiger partial charge in [-0.15, -0.1) is 12.4 Å². The molecular weight excluding hydrogens is 480 g/mol. The zero-order chi connectivity index (χ0) is 24.8. The van der Waals surface area contributed by atoms with E-state index in [4.69, 9.17) is 4.74 Å². The lowest BCUT2D eigenvalue weighted by Crippen LogP contribution is -2.60. The Kier molecular flexibility index (Phi) is 9.01. The Labute approximate surface area is 226 Å². The molecule has 1 aliphatic heterocycles. The highest BCUT2D eigenvalue weighted by Gasteiger charge is 2.44. The predicted molar refractivity (Wildman–Crippen MR) is 152 cm³/mol. The van der Waals surface area contributed by atoms with Gasteiger partial charge >= 0.3 is 0 Å². The van der Waals surface area contributed by atoms with Gasteiger partial charge in [0.15, 0.2) is 0 Å². The van der Waals surface area contributed by atoms with Gasteiger partial charge < -0.3 is 14.7 Å². The number of aliphatic hydroxyl groups excluding tert-OH is 1. The van der Waals surface area contributed by atoms with Crippen molar-refractivity contribution in [2.75, 3.05) is 33.2 Å². The minimum atomic E-state index is -0.608. The van der Waals surface area contributed by atoms with E-state index in [1.54, 1.807) is 0 Å². The summed E-state index contributed by atoms with van der Waals surface area (Å²) in [4.78, 5) is 4.85. The second kappa shape index (κ2) is 12.4. The molecule has 5 rings (SSSR count). The van der Waals surface area contributed by atoms with Gasteiger partial charge in [-0.2, -0.15) is 0 Å². The van der Waals surface area contributed by atoms with Gasteiger partial charge in [0.05, 0.1) is 11.6 Å². The Bertz CT molecular complexity index is 1180.